The number of carbonyl (C=O) groups is 1. The highest BCUT2D eigenvalue weighted by Crippen LogP contribution is 2.38. The van der Waals surface area contributed by atoms with Crippen LogP contribution in [-0.4, -0.2) is 16.5 Å². The molecule has 3 rings (SSSR count). The van der Waals surface area contributed by atoms with E-state index in [4.69, 9.17) is 4.74 Å². The number of phenols is 1. The zero-order chi connectivity index (χ0) is 19.8. The van der Waals surface area contributed by atoms with Gasteiger partial charge in [-0.25, -0.2) is 0 Å². The number of ether oxygens (including phenoxy) is 1. The molecule has 2 aromatic rings. The van der Waals surface area contributed by atoms with E-state index in [0.29, 0.717) is 16.9 Å². The number of hydrogen-bond donors (Lipinski definition) is 1. The minimum atomic E-state index is -4.41. The van der Waals surface area contributed by atoms with Crippen LogP contribution in [0.3, 0.4) is 0 Å². The monoisotopic (exact) mass is 374 g/mol. The molecule has 0 aliphatic carbocycles. The molecule has 140 valence electrons. The molecule has 0 radical (unpaired) electrons. The minimum absolute atomic E-state index is 0.0878. The fourth-order valence-corrected chi connectivity index (χ4v) is 2.68. The lowest BCUT2D eigenvalue weighted by atomic mass is 9.98. The topological polar surface area (TPSA) is 46.5 Å². The molecule has 0 unspecified atom stereocenters. The first kappa shape index (κ1) is 18.8. The van der Waals surface area contributed by atoms with E-state index in [1.54, 1.807) is 18.2 Å². The number of halogens is 3. The summed E-state index contributed by atoms with van der Waals surface area (Å²) in [6.45, 7) is 3.74. The van der Waals surface area contributed by atoms with Crippen molar-refractivity contribution in [3.8, 4) is 11.5 Å². The smallest absolute Gasteiger partial charge is 0.416 e. The largest absolute Gasteiger partial charge is 0.506 e. The van der Waals surface area contributed by atoms with Gasteiger partial charge in [0.1, 0.15) is 17.1 Å². The van der Waals surface area contributed by atoms with Crippen LogP contribution in [0.25, 0.3) is 12.2 Å². The van der Waals surface area contributed by atoms with Crippen LogP contribution in [0.2, 0.25) is 0 Å². The highest BCUT2D eigenvalue weighted by atomic mass is 19.4. The van der Waals surface area contributed by atoms with Crippen LogP contribution in [0.15, 0.2) is 48.6 Å². The van der Waals surface area contributed by atoms with Crippen molar-refractivity contribution >= 4 is 17.9 Å². The maximum absolute atomic E-state index is 12.6. The molecule has 0 saturated heterocycles. The van der Waals surface area contributed by atoms with Crippen LogP contribution in [0.5, 0.6) is 11.5 Å². The van der Waals surface area contributed by atoms with E-state index in [2.05, 4.69) is 0 Å². The third kappa shape index (κ3) is 4.05. The Kier molecular flexibility index (Phi) is 4.59. The molecule has 1 N–H and O–H groups in total. The molecule has 1 aliphatic heterocycles. The Hall–Kier alpha value is -3.02. The van der Waals surface area contributed by atoms with Crippen molar-refractivity contribution in [3.63, 3.8) is 0 Å². The van der Waals surface area contributed by atoms with Crippen LogP contribution >= 0.6 is 0 Å². The molecular formula is C21H17F3O3. The zero-order valence-electron chi connectivity index (χ0n) is 14.7. The number of fused-ring (bicyclic) bond motifs is 1. The van der Waals surface area contributed by atoms with Gasteiger partial charge in [-0.05, 0) is 61.9 Å². The third-order valence-electron chi connectivity index (χ3n) is 4.13. The number of aromatic hydroxyl groups is 1. The van der Waals surface area contributed by atoms with Gasteiger partial charge in [-0.15, -0.1) is 0 Å². The van der Waals surface area contributed by atoms with Crippen molar-refractivity contribution < 1.29 is 27.8 Å². The number of benzene rings is 2. The first-order chi connectivity index (χ1) is 12.6. The number of carbonyl (C=O) groups excluding carboxylic acids is 1. The summed E-state index contributed by atoms with van der Waals surface area (Å²) in [5.74, 6) is -0.182. The van der Waals surface area contributed by atoms with Crippen molar-refractivity contribution in [1.82, 2.24) is 0 Å². The molecule has 27 heavy (non-hydrogen) atoms. The highest BCUT2D eigenvalue weighted by Gasteiger charge is 2.30. The Balaban J connectivity index is 1.82. The van der Waals surface area contributed by atoms with Gasteiger partial charge in [0.25, 0.3) is 0 Å². The molecule has 1 aliphatic rings. The van der Waals surface area contributed by atoms with E-state index in [-0.39, 0.29) is 11.3 Å². The molecule has 3 nitrogen and oxygen atoms in total. The van der Waals surface area contributed by atoms with Crippen LogP contribution in [0.1, 0.15) is 40.9 Å². The van der Waals surface area contributed by atoms with Gasteiger partial charge < -0.3 is 9.84 Å². The lowest BCUT2D eigenvalue weighted by Crippen LogP contribution is -2.27. The molecule has 0 aromatic heterocycles. The quantitative estimate of drug-likeness (QED) is 0.571. The van der Waals surface area contributed by atoms with E-state index in [1.807, 2.05) is 13.8 Å². The van der Waals surface area contributed by atoms with Crippen LogP contribution in [0, 0.1) is 0 Å². The van der Waals surface area contributed by atoms with E-state index >= 15 is 0 Å². The van der Waals surface area contributed by atoms with Gasteiger partial charge in [0.2, 0.25) is 0 Å². The first-order valence-corrected chi connectivity index (χ1v) is 8.21. The molecule has 0 atom stereocenters. The lowest BCUT2D eigenvalue weighted by Gasteiger charge is -2.28. The van der Waals surface area contributed by atoms with Crippen LogP contribution in [-0.2, 0) is 6.18 Å². The van der Waals surface area contributed by atoms with Crippen molar-refractivity contribution in [2.75, 3.05) is 0 Å². The molecule has 0 spiro atoms. The number of ketones is 1. The fourth-order valence-electron chi connectivity index (χ4n) is 2.68. The van der Waals surface area contributed by atoms with Gasteiger partial charge in [0, 0.05) is 0 Å². The summed E-state index contributed by atoms with van der Waals surface area (Å²) < 4.78 is 43.4. The number of alkyl halides is 3. The number of hydrogen-bond acceptors (Lipinski definition) is 3. The van der Waals surface area contributed by atoms with Gasteiger partial charge in [0.15, 0.2) is 5.78 Å². The normalized spacial score (nSPS) is 15.4. The number of phenolic OH excluding ortho intramolecular Hbond substituents is 1. The summed E-state index contributed by atoms with van der Waals surface area (Å²) in [5.41, 5.74) is -0.312. The SMILES string of the molecule is CC1(C)C=Cc2c(ccc(C(=O)/C=C/c3ccc(C(F)(F)F)cc3)c2O)O1. The molecule has 0 saturated carbocycles. The van der Waals surface area contributed by atoms with Crippen molar-refractivity contribution in [3.05, 3.63) is 70.8 Å². The minimum Gasteiger partial charge on any atom is -0.506 e. The maximum atomic E-state index is 12.6. The highest BCUT2D eigenvalue weighted by molar-refractivity contribution is 6.09. The fraction of sp³-hybridized carbons (Fsp3) is 0.190. The average molecular weight is 374 g/mol. The summed E-state index contributed by atoms with van der Waals surface area (Å²) in [7, 11) is 0. The molecule has 6 heteroatoms. The molecule has 0 bridgehead atoms. The van der Waals surface area contributed by atoms with E-state index in [0.717, 1.165) is 12.1 Å². The number of rotatable bonds is 3. The standard InChI is InChI=1S/C21H17F3O3/c1-20(2)12-11-16-18(27-20)10-8-15(19(16)26)17(25)9-5-13-3-6-14(7-4-13)21(22,23)24/h3-12,26H,1-2H3/b9-5+. The summed E-state index contributed by atoms with van der Waals surface area (Å²) in [4.78, 5) is 12.4. The van der Waals surface area contributed by atoms with Gasteiger partial charge in [0.05, 0.1) is 16.7 Å². The number of allylic oxidation sites excluding steroid dienone is 1. The van der Waals surface area contributed by atoms with E-state index < -0.39 is 23.1 Å². The summed E-state index contributed by atoms with van der Waals surface area (Å²) in [5, 5.41) is 10.4. The summed E-state index contributed by atoms with van der Waals surface area (Å²) >= 11 is 0. The Morgan fingerprint density at radius 2 is 1.78 bits per heavy atom. The molecule has 0 amide bonds. The van der Waals surface area contributed by atoms with Gasteiger partial charge in [-0.1, -0.05) is 18.2 Å². The van der Waals surface area contributed by atoms with Crippen molar-refractivity contribution in [2.24, 2.45) is 0 Å². The first-order valence-electron chi connectivity index (χ1n) is 8.21. The molecule has 1 heterocycles. The zero-order valence-corrected chi connectivity index (χ0v) is 14.7. The van der Waals surface area contributed by atoms with Gasteiger partial charge in [-0.3, -0.25) is 4.79 Å². The third-order valence-corrected chi connectivity index (χ3v) is 4.13. The van der Waals surface area contributed by atoms with Gasteiger partial charge >= 0.3 is 6.18 Å². The Morgan fingerprint density at radius 3 is 2.41 bits per heavy atom. The Morgan fingerprint density at radius 1 is 1.11 bits per heavy atom. The Labute approximate surface area is 154 Å². The van der Waals surface area contributed by atoms with Crippen LogP contribution < -0.4 is 4.74 Å². The van der Waals surface area contributed by atoms with E-state index in [1.165, 1.54) is 30.4 Å². The second kappa shape index (κ2) is 6.61. The molecule has 2 aromatic carbocycles. The maximum Gasteiger partial charge on any atom is 0.416 e. The predicted octanol–water partition coefficient (Wildman–Crippen LogP) is 5.49. The van der Waals surface area contributed by atoms with Gasteiger partial charge in [-0.2, -0.15) is 13.2 Å². The van der Waals surface area contributed by atoms with E-state index in [9.17, 15) is 23.1 Å². The summed E-state index contributed by atoms with van der Waals surface area (Å²) in [6.07, 6.45) is 1.68. The summed E-state index contributed by atoms with van der Waals surface area (Å²) in [6, 6.07) is 7.52. The second-order valence-electron chi connectivity index (χ2n) is 6.73. The van der Waals surface area contributed by atoms with Crippen molar-refractivity contribution in [2.45, 2.75) is 25.6 Å². The lowest BCUT2D eigenvalue weighted by molar-refractivity contribution is -0.137. The predicted molar refractivity (Wildman–Crippen MR) is 96.7 cm³/mol. The average Bonchev–Trinajstić information content (AvgIpc) is 2.58. The molecular weight excluding hydrogens is 357 g/mol. The molecule has 0 fully saturated rings. The van der Waals surface area contributed by atoms with Crippen LogP contribution in [0.4, 0.5) is 13.2 Å². The Bertz CT molecular complexity index is 936. The van der Waals surface area contributed by atoms with Crippen molar-refractivity contribution in [1.29, 1.82) is 0 Å². The second-order valence-corrected chi connectivity index (χ2v) is 6.73.